The van der Waals surface area contributed by atoms with Crippen LogP contribution in [0.4, 0.5) is 5.82 Å². The Morgan fingerprint density at radius 3 is 2.59 bits per heavy atom. The number of ether oxygens (including phenoxy) is 1. The summed E-state index contributed by atoms with van der Waals surface area (Å²) >= 11 is 0. The summed E-state index contributed by atoms with van der Waals surface area (Å²) in [5.41, 5.74) is 2.65. The zero-order valence-electron chi connectivity index (χ0n) is 16.9. The van der Waals surface area contributed by atoms with Gasteiger partial charge in [0, 0.05) is 45.2 Å². The molecule has 2 heterocycles. The van der Waals surface area contributed by atoms with Crippen LogP contribution < -0.4 is 10.2 Å². The average molecular weight is 391 g/mol. The third kappa shape index (κ3) is 5.58. The lowest BCUT2D eigenvalue weighted by Crippen LogP contribution is -2.33. The Kier molecular flexibility index (Phi) is 6.86. The molecule has 3 rings (SSSR count). The molecule has 0 aliphatic heterocycles. The molecule has 0 saturated carbocycles. The minimum absolute atomic E-state index is 0.00757. The Bertz CT molecular complexity index is 932. The molecule has 1 amide bonds. The van der Waals surface area contributed by atoms with Crippen LogP contribution in [0.1, 0.15) is 17.3 Å². The van der Waals surface area contributed by atoms with Gasteiger partial charge in [0.2, 0.25) is 5.91 Å². The van der Waals surface area contributed by atoms with Gasteiger partial charge in [0.25, 0.3) is 0 Å². The molecule has 1 atom stereocenters. The average Bonchev–Trinajstić information content (AvgIpc) is 2.74. The molecule has 0 saturated heterocycles. The molecule has 0 bridgehead atoms. The van der Waals surface area contributed by atoms with Crippen LogP contribution in [0.5, 0.6) is 0 Å². The highest BCUT2D eigenvalue weighted by atomic mass is 16.5. The number of carbonyl (C=O) groups is 1. The van der Waals surface area contributed by atoms with Crippen molar-refractivity contribution in [2.75, 3.05) is 32.7 Å². The topological polar surface area (TPSA) is 80.2 Å². The highest BCUT2D eigenvalue weighted by Crippen LogP contribution is 2.24. The summed E-state index contributed by atoms with van der Waals surface area (Å²) in [7, 11) is 5.35. The van der Waals surface area contributed by atoms with E-state index in [0.29, 0.717) is 12.2 Å². The van der Waals surface area contributed by atoms with E-state index in [1.165, 1.54) is 7.11 Å². The third-order valence-electron chi connectivity index (χ3n) is 4.36. The molecule has 0 radical (unpaired) electrons. The van der Waals surface area contributed by atoms with Crippen LogP contribution in [0.15, 0.2) is 60.9 Å². The van der Waals surface area contributed by atoms with E-state index < -0.39 is 0 Å². The maximum atomic E-state index is 12.3. The molecule has 150 valence electrons. The Morgan fingerprint density at radius 1 is 1.14 bits per heavy atom. The van der Waals surface area contributed by atoms with E-state index in [2.05, 4.69) is 15.3 Å². The number of rotatable bonds is 8. The number of hydrogen-bond donors (Lipinski definition) is 1. The summed E-state index contributed by atoms with van der Waals surface area (Å²) in [5.74, 6) is 1.13. The second kappa shape index (κ2) is 9.75. The summed E-state index contributed by atoms with van der Waals surface area (Å²) in [6.45, 7) is -0.00757. The fourth-order valence-electron chi connectivity index (χ4n) is 2.93. The second-order valence-electron chi connectivity index (χ2n) is 6.85. The van der Waals surface area contributed by atoms with Crippen molar-refractivity contribution in [3.05, 3.63) is 72.2 Å². The predicted octanol–water partition coefficient (Wildman–Crippen LogP) is 2.65. The molecule has 2 aromatic heterocycles. The van der Waals surface area contributed by atoms with Gasteiger partial charge in [-0.25, -0.2) is 9.97 Å². The van der Waals surface area contributed by atoms with Crippen LogP contribution in [-0.2, 0) is 16.0 Å². The van der Waals surface area contributed by atoms with Crippen LogP contribution in [0.25, 0.3) is 11.4 Å². The number of benzene rings is 1. The number of amides is 1. The normalized spacial score (nSPS) is 11.7. The first-order chi connectivity index (χ1) is 14.1. The monoisotopic (exact) mass is 391 g/mol. The van der Waals surface area contributed by atoms with Crippen LogP contribution in [-0.4, -0.2) is 48.7 Å². The molecular weight excluding hydrogens is 366 g/mol. The fraction of sp³-hybridized carbons (Fsp3) is 0.273. The number of hydrogen-bond acceptors (Lipinski definition) is 6. The minimum Gasteiger partial charge on any atom is -0.375 e. The van der Waals surface area contributed by atoms with Crippen LogP contribution in [0, 0.1) is 0 Å². The molecule has 7 nitrogen and oxygen atoms in total. The largest absolute Gasteiger partial charge is 0.375 e. The number of carbonyl (C=O) groups excluding carboxylic acids is 1. The van der Waals surface area contributed by atoms with Gasteiger partial charge in [0.1, 0.15) is 12.4 Å². The maximum Gasteiger partial charge on any atom is 0.246 e. The quantitative estimate of drug-likeness (QED) is 0.636. The second-order valence-corrected chi connectivity index (χ2v) is 6.85. The summed E-state index contributed by atoms with van der Waals surface area (Å²) in [5, 5.41) is 3.04. The zero-order valence-corrected chi connectivity index (χ0v) is 16.9. The van der Waals surface area contributed by atoms with Crippen molar-refractivity contribution in [1.82, 2.24) is 20.3 Å². The van der Waals surface area contributed by atoms with Gasteiger partial charge in [0.15, 0.2) is 5.82 Å². The molecule has 0 unspecified atom stereocenters. The highest BCUT2D eigenvalue weighted by Gasteiger charge is 2.20. The van der Waals surface area contributed by atoms with Crippen molar-refractivity contribution in [3.8, 4) is 11.4 Å². The Hall–Kier alpha value is -3.32. The maximum absolute atomic E-state index is 12.3. The lowest BCUT2D eigenvalue weighted by molar-refractivity contribution is -0.125. The van der Waals surface area contributed by atoms with Crippen LogP contribution in [0.3, 0.4) is 0 Å². The van der Waals surface area contributed by atoms with Crippen molar-refractivity contribution in [2.24, 2.45) is 0 Å². The Morgan fingerprint density at radius 2 is 1.93 bits per heavy atom. The van der Waals surface area contributed by atoms with Gasteiger partial charge in [0.05, 0.1) is 11.7 Å². The lowest BCUT2D eigenvalue weighted by atomic mass is 10.0. The van der Waals surface area contributed by atoms with E-state index in [1.54, 1.807) is 12.4 Å². The Balaban J connectivity index is 2.02. The molecule has 0 fully saturated rings. The molecule has 0 spiro atoms. The van der Waals surface area contributed by atoms with Gasteiger partial charge in [-0.3, -0.25) is 9.78 Å². The number of anilines is 1. The van der Waals surface area contributed by atoms with Crippen LogP contribution in [0.2, 0.25) is 0 Å². The number of methoxy groups -OCH3 is 1. The smallest absolute Gasteiger partial charge is 0.246 e. The first-order valence-electron chi connectivity index (χ1n) is 9.35. The van der Waals surface area contributed by atoms with E-state index >= 15 is 0 Å². The molecule has 1 N–H and O–H groups in total. The minimum atomic E-state index is -0.322. The lowest BCUT2D eigenvalue weighted by Gasteiger charge is -2.21. The number of pyridine rings is 1. The molecule has 0 aliphatic rings. The van der Waals surface area contributed by atoms with E-state index in [4.69, 9.17) is 9.72 Å². The van der Waals surface area contributed by atoms with E-state index in [1.807, 2.05) is 67.5 Å². The number of nitrogens with one attached hydrogen (secondary N) is 1. The zero-order chi connectivity index (χ0) is 20.6. The van der Waals surface area contributed by atoms with Crippen molar-refractivity contribution in [2.45, 2.75) is 12.5 Å². The SMILES string of the molecule is COCC(=O)N[C@H](Cc1ccccc1)c1cc(N(C)C)nc(-c2cccnc2)n1. The van der Waals surface area contributed by atoms with E-state index in [0.717, 1.165) is 22.6 Å². The summed E-state index contributed by atoms with van der Waals surface area (Å²) < 4.78 is 4.98. The Labute approximate surface area is 170 Å². The number of aromatic nitrogens is 3. The number of nitrogens with zero attached hydrogens (tertiary/aromatic N) is 4. The fourth-order valence-corrected chi connectivity index (χ4v) is 2.93. The molecule has 7 heteroatoms. The van der Waals surface area contributed by atoms with Gasteiger partial charge < -0.3 is 15.0 Å². The molecule has 0 aliphatic carbocycles. The molecule has 3 aromatic rings. The van der Waals surface area contributed by atoms with E-state index in [-0.39, 0.29) is 18.6 Å². The molecule has 1 aromatic carbocycles. The van der Waals surface area contributed by atoms with Gasteiger partial charge >= 0.3 is 0 Å². The van der Waals surface area contributed by atoms with Gasteiger partial charge in [-0.1, -0.05) is 30.3 Å². The summed E-state index contributed by atoms with van der Waals surface area (Å²) in [6, 6.07) is 15.3. The first kappa shape index (κ1) is 20.4. The van der Waals surface area contributed by atoms with Crippen molar-refractivity contribution < 1.29 is 9.53 Å². The summed E-state index contributed by atoms with van der Waals surface area (Å²) in [4.78, 5) is 27.8. The highest BCUT2D eigenvalue weighted by molar-refractivity contribution is 5.77. The third-order valence-corrected chi connectivity index (χ3v) is 4.36. The van der Waals surface area contributed by atoms with Crippen LogP contribution >= 0.6 is 0 Å². The van der Waals surface area contributed by atoms with Gasteiger partial charge in [-0.15, -0.1) is 0 Å². The predicted molar refractivity (Wildman–Crippen MR) is 112 cm³/mol. The molecular formula is C22H25N5O2. The van der Waals surface area contributed by atoms with E-state index in [9.17, 15) is 4.79 Å². The van der Waals surface area contributed by atoms with Crippen molar-refractivity contribution in [3.63, 3.8) is 0 Å². The molecule has 29 heavy (non-hydrogen) atoms. The summed E-state index contributed by atoms with van der Waals surface area (Å²) in [6.07, 6.45) is 4.05. The first-order valence-corrected chi connectivity index (χ1v) is 9.35. The van der Waals surface area contributed by atoms with Gasteiger partial charge in [-0.05, 0) is 24.1 Å². The standard InChI is InChI=1S/C22H25N5O2/c1-27(2)20-13-19(25-22(26-20)17-10-7-11-23-14-17)18(24-21(28)15-29-3)12-16-8-5-4-6-9-16/h4-11,13-14,18H,12,15H2,1-3H3,(H,24,28)/t18-/m1/s1. The van der Waals surface area contributed by atoms with Crippen molar-refractivity contribution in [1.29, 1.82) is 0 Å². The van der Waals surface area contributed by atoms with Gasteiger partial charge in [-0.2, -0.15) is 0 Å². The van der Waals surface area contributed by atoms with Crippen molar-refractivity contribution >= 4 is 11.7 Å².